The number of esters is 1. The Morgan fingerprint density at radius 2 is 2.29 bits per heavy atom. The number of carbonyl (C=O) groups is 1. The van der Waals surface area contributed by atoms with Crippen LogP contribution >= 0.6 is 38.9 Å². The number of benzene rings is 1. The molecule has 2 aromatic rings. The first-order valence-electron chi connectivity index (χ1n) is 5.98. The van der Waals surface area contributed by atoms with E-state index in [9.17, 15) is 9.18 Å². The molecule has 2 rings (SSSR count). The molecule has 0 unspecified atom stereocenters. The van der Waals surface area contributed by atoms with Gasteiger partial charge in [-0.05, 0) is 41.9 Å². The number of aryl methyl sites for hydroxylation is 1. The predicted octanol–water partition coefficient (Wildman–Crippen LogP) is 4.93. The second-order valence-electron chi connectivity index (χ2n) is 4.01. The van der Waals surface area contributed by atoms with Gasteiger partial charge in [0.1, 0.15) is 5.82 Å². The van der Waals surface area contributed by atoms with E-state index in [0.29, 0.717) is 15.3 Å². The lowest BCUT2D eigenvalue weighted by molar-refractivity contribution is 0.0519. The average molecular weight is 394 g/mol. The minimum absolute atomic E-state index is 0.215. The molecule has 0 aliphatic heterocycles. The van der Waals surface area contributed by atoms with Crippen molar-refractivity contribution in [2.24, 2.45) is 0 Å². The van der Waals surface area contributed by atoms with Gasteiger partial charge in [0.2, 0.25) is 0 Å². The highest BCUT2D eigenvalue weighted by molar-refractivity contribution is 9.10. The van der Waals surface area contributed by atoms with E-state index in [1.54, 1.807) is 13.8 Å². The van der Waals surface area contributed by atoms with Gasteiger partial charge in [0.05, 0.1) is 17.3 Å². The van der Waals surface area contributed by atoms with Gasteiger partial charge in [-0.2, -0.15) is 0 Å². The summed E-state index contributed by atoms with van der Waals surface area (Å²) in [5, 5.41) is 3.67. The molecule has 0 aliphatic rings. The van der Waals surface area contributed by atoms with Crippen LogP contribution in [0.2, 0.25) is 5.02 Å². The largest absolute Gasteiger partial charge is 0.461 e. The third-order valence-electron chi connectivity index (χ3n) is 2.50. The Hall–Kier alpha value is -1.18. The van der Waals surface area contributed by atoms with Crippen LogP contribution in [-0.4, -0.2) is 17.6 Å². The van der Waals surface area contributed by atoms with Gasteiger partial charge in [0.25, 0.3) is 0 Å². The molecule has 0 spiro atoms. The summed E-state index contributed by atoms with van der Waals surface area (Å²) in [5.74, 6) is -0.913. The van der Waals surface area contributed by atoms with E-state index in [4.69, 9.17) is 16.3 Å². The van der Waals surface area contributed by atoms with Crippen LogP contribution in [0, 0.1) is 12.7 Å². The van der Waals surface area contributed by atoms with Crippen LogP contribution < -0.4 is 5.32 Å². The van der Waals surface area contributed by atoms with E-state index in [0.717, 1.165) is 4.88 Å². The van der Waals surface area contributed by atoms with E-state index >= 15 is 0 Å². The van der Waals surface area contributed by atoms with Crippen molar-refractivity contribution in [3.05, 3.63) is 38.0 Å². The first-order valence-corrected chi connectivity index (χ1v) is 7.97. The molecule has 1 aromatic heterocycles. The third kappa shape index (κ3) is 3.72. The maximum atomic E-state index is 13.2. The molecule has 1 aromatic carbocycles. The number of aromatic nitrogens is 1. The molecule has 4 nitrogen and oxygen atoms in total. The fourth-order valence-corrected chi connectivity index (χ4v) is 3.31. The summed E-state index contributed by atoms with van der Waals surface area (Å²) in [6, 6.07) is 2.49. The molecule has 0 atom stereocenters. The van der Waals surface area contributed by atoms with Crippen LogP contribution in [0.4, 0.5) is 15.2 Å². The molecule has 0 fully saturated rings. The lowest BCUT2D eigenvalue weighted by Gasteiger charge is -2.08. The summed E-state index contributed by atoms with van der Waals surface area (Å²) >= 11 is 10.5. The van der Waals surface area contributed by atoms with Crippen LogP contribution in [0.3, 0.4) is 0 Å². The highest BCUT2D eigenvalue weighted by Gasteiger charge is 2.18. The van der Waals surface area contributed by atoms with Crippen molar-refractivity contribution < 1.29 is 13.9 Å². The molecule has 0 bridgehead atoms. The van der Waals surface area contributed by atoms with Gasteiger partial charge in [-0.15, -0.1) is 11.3 Å². The zero-order valence-corrected chi connectivity index (χ0v) is 14.3. The molecule has 1 heterocycles. The summed E-state index contributed by atoms with van der Waals surface area (Å²) in [4.78, 5) is 16.6. The zero-order valence-electron chi connectivity index (χ0n) is 11.2. The predicted molar refractivity (Wildman–Crippen MR) is 85.2 cm³/mol. The highest BCUT2D eigenvalue weighted by Crippen LogP contribution is 2.35. The normalized spacial score (nSPS) is 10.5. The quantitative estimate of drug-likeness (QED) is 0.749. The molecule has 112 valence electrons. The average Bonchev–Trinajstić information content (AvgIpc) is 2.75. The van der Waals surface area contributed by atoms with Gasteiger partial charge < -0.3 is 10.1 Å². The number of hydrogen-bond acceptors (Lipinski definition) is 5. The summed E-state index contributed by atoms with van der Waals surface area (Å²) in [7, 11) is 0. The molecule has 0 aliphatic carbocycles. The lowest BCUT2D eigenvalue weighted by Crippen LogP contribution is -2.06. The zero-order chi connectivity index (χ0) is 15.6. The number of thiazole rings is 1. The molecule has 0 saturated heterocycles. The Morgan fingerprint density at radius 1 is 1.57 bits per heavy atom. The minimum Gasteiger partial charge on any atom is -0.461 e. The van der Waals surface area contributed by atoms with Crippen molar-refractivity contribution in [1.29, 1.82) is 0 Å². The van der Waals surface area contributed by atoms with E-state index in [-0.39, 0.29) is 17.3 Å². The Bertz CT molecular complexity index is 670. The Kier molecular flexibility index (Phi) is 5.18. The first-order chi connectivity index (χ1) is 9.92. The number of anilines is 2. The van der Waals surface area contributed by atoms with Gasteiger partial charge in [-0.25, -0.2) is 14.2 Å². The summed E-state index contributed by atoms with van der Waals surface area (Å²) < 4.78 is 18.6. The van der Waals surface area contributed by atoms with Gasteiger partial charge >= 0.3 is 5.97 Å². The Labute approximate surface area is 138 Å². The van der Waals surface area contributed by atoms with Crippen molar-refractivity contribution in [1.82, 2.24) is 4.98 Å². The van der Waals surface area contributed by atoms with Crippen molar-refractivity contribution in [2.75, 3.05) is 11.9 Å². The highest BCUT2D eigenvalue weighted by atomic mass is 79.9. The smallest absolute Gasteiger partial charge is 0.358 e. The van der Waals surface area contributed by atoms with E-state index < -0.39 is 11.8 Å². The standard InChI is InChI=1S/C13H11BrClFN2O2S/c1-3-20-12(19)10-6(2)21-13(17-10)18-11-8(14)4-7(16)5-9(11)15/h4-5H,3H2,1-2H3,(H,17,18). The SMILES string of the molecule is CCOC(=O)c1nc(Nc2c(Cl)cc(F)cc2Br)sc1C. The molecule has 0 radical (unpaired) electrons. The van der Waals surface area contributed by atoms with Crippen molar-refractivity contribution in [3.8, 4) is 0 Å². The monoisotopic (exact) mass is 392 g/mol. The lowest BCUT2D eigenvalue weighted by atomic mass is 10.3. The fraction of sp³-hybridized carbons (Fsp3) is 0.231. The van der Waals surface area contributed by atoms with Crippen LogP contribution in [0.25, 0.3) is 0 Å². The maximum Gasteiger partial charge on any atom is 0.358 e. The molecule has 1 N–H and O–H groups in total. The summed E-state index contributed by atoms with van der Waals surface area (Å²) in [5.41, 5.74) is 0.751. The van der Waals surface area contributed by atoms with Crippen molar-refractivity contribution in [3.63, 3.8) is 0 Å². The van der Waals surface area contributed by atoms with Crippen LogP contribution in [0.15, 0.2) is 16.6 Å². The van der Waals surface area contributed by atoms with Gasteiger partial charge in [-0.1, -0.05) is 11.6 Å². The van der Waals surface area contributed by atoms with Gasteiger partial charge in [0, 0.05) is 9.35 Å². The molecule has 0 amide bonds. The first kappa shape index (κ1) is 16.2. The second kappa shape index (κ2) is 6.72. The topological polar surface area (TPSA) is 51.2 Å². The maximum absolute atomic E-state index is 13.2. The van der Waals surface area contributed by atoms with Crippen LogP contribution in [-0.2, 0) is 4.74 Å². The number of carbonyl (C=O) groups excluding carboxylic acids is 1. The summed E-state index contributed by atoms with van der Waals surface area (Å²) in [6.45, 7) is 3.79. The second-order valence-corrected chi connectivity index (χ2v) is 6.48. The number of nitrogens with one attached hydrogen (secondary N) is 1. The molecular formula is C13H11BrClFN2O2S. The van der Waals surface area contributed by atoms with E-state index in [2.05, 4.69) is 26.2 Å². The number of rotatable bonds is 4. The molecule has 8 heteroatoms. The van der Waals surface area contributed by atoms with E-state index in [1.807, 2.05) is 0 Å². The van der Waals surface area contributed by atoms with Crippen LogP contribution in [0.1, 0.15) is 22.3 Å². The summed E-state index contributed by atoms with van der Waals surface area (Å²) in [6.07, 6.45) is 0. The minimum atomic E-state index is -0.469. The Morgan fingerprint density at radius 3 is 2.90 bits per heavy atom. The van der Waals surface area contributed by atoms with Gasteiger partial charge in [0.15, 0.2) is 10.8 Å². The Balaban J connectivity index is 2.29. The number of ether oxygens (including phenoxy) is 1. The number of nitrogens with zero attached hydrogens (tertiary/aromatic N) is 1. The van der Waals surface area contributed by atoms with Crippen molar-refractivity contribution in [2.45, 2.75) is 13.8 Å². The fourth-order valence-electron chi connectivity index (χ4n) is 1.61. The third-order valence-corrected chi connectivity index (χ3v) is 4.31. The molecule has 21 heavy (non-hydrogen) atoms. The van der Waals surface area contributed by atoms with Gasteiger partial charge in [-0.3, -0.25) is 0 Å². The number of hydrogen-bond donors (Lipinski definition) is 1. The van der Waals surface area contributed by atoms with E-state index in [1.165, 1.54) is 23.5 Å². The molecular weight excluding hydrogens is 383 g/mol. The number of halogens is 3. The van der Waals surface area contributed by atoms with Crippen LogP contribution in [0.5, 0.6) is 0 Å². The van der Waals surface area contributed by atoms with Crippen molar-refractivity contribution >= 4 is 55.7 Å². The molecule has 0 saturated carbocycles.